The van der Waals surface area contributed by atoms with Crippen LogP contribution in [0.15, 0.2) is 18.2 Å². The smallest absolute Gasteiger partial charge is 0.126 e. The Labute approximate surface area is 114 Å². The lowest BCUT2D eigenvalue weighted by atomic mass is 9.87. The molecule has 4 nitrogen and oxygen atoms in total. The molecule has 4 heteroatoms. The number of aromatic amines is 1. The summed E-state index contributed by atoms with van der Waals surface area (Å²) in [6.45, 7) is 8.53. The molecule has 0 bridgehead atoms. The first-order chi connectivity index (χ1) is 8.82. The fraction of sp³-hybridized carbons (Fsp3) is 0.533. The minimum absolute atomic E-state index is 0.0670. The molecule has 2 rings (SSSR count). The van der Waals surface area contributed by atoms with E-state index in [4.69, 9.17) is 10.5 Å². The van der Waals surface area contributed by atoms with Crippen LogP contribution in [-0.4, -0.2) is 23.2 Å². The summed E-state index contributed by atoms with van der Waals surface area (Å²) in [6, 6.07) is 6.08. The van der Waals surface area contributed by atoms with Crippen molar-refractivity contribution in [2.75, 3.05) is 7.11 Å². The molecule has 0 aliphatic rings. The molecule has 2 atom stereocenters. The molecule has 3 N–H and O–H groups in total. The van der Waals surface area contributed by atoms with Crippen LogP contribution in [0, 0.1) is 0 Å². The molecule has 0 radical (unpaired) electrons. The van der Waals surface area contributed by atoms with Gasteiger partial charge in [-0.3, -0.25) is 0 Å². The summed E-state index contributed by atoms with van der Waals surface area (Å²) >= 11 is 0. The van der Waals surface area contributed by atoms with E-state index in [1.807, 2.05) is 6.92 Å². The topological polar surface area (TPSA) is 63.9 Å². The van der Waals surface area contributed by atoms with Gasteiger partial charge in [-0.15, -0.1) is 0 Å². The first-order valence-electron chi connectivity index (χ1n) is 6.61. The summed E-state index contributed by atoms with van der Waals surface area (Å²) in [5, 5.41) is 0. The highest BCUT2D eigenvalue weighted by Gasteiger charge is 2.19. The summed E-state index contributed by atoms with van der Waals surface area (Å²) in [5.41, 5.74) is 9.48. The molecular formula is C15H23N3O. The number of rotatable bonds is 3. The van der Waals surface area contributed by atoms with Gasteiger partial charge in [0.15, 0.2) is 0 Å². The van der Waals surface area contributed by atoms with Gasteiger partial charge in [-0.25, -0.2) is 4.98 Å². The number of aromatic nitrogens is 2. The maximum absolute atomic E-state index is 6.12. The second-order valence-electron chi connectivity index (χ2n) is 6.07. The number of nitrogens with one attached hydrogen (secondary N) is 1. The van der Waals surface area contributed by atoms with E-state index >= 15 is 0 Å². The summed E-state index contributed by atoms with van der Waals surface area (Å²) in [7, 11) is 1.66. The SMILES string of the molecule is CO[C@@H](C)[C@@H](N)c1nc2cc(C(C)(C)C)ccc2[nH]1. The number of fused-ring (bicyclic) bond motifs is 1. The number of imidazole rings is 1. The van der Waals surface area contributed by atoms with Crippen molar-refractivity contribution in [3.8, 4) is 0 Å². The fourth-order valence-corrected chi connectivity index (χ4v) is 2.02. The maximum atomic E-state index is 6.12. The average molecular weight is 261 g/mol. The van der Waals surface area contributed by atoms with Gasteiger partial charge in [0.05, 0.1) is 23.2 Å². The molecule has 0 aliphatic carbocycles. The van der Waals surface area contributed by atoms with Gasteiger partial charge in [-0.2, -0.15) is 0 Å². The summed E-state index contributed by atoms with van der Waals surface area (Å²) < 4.78 is 5.26. The molecule has 2 aromatic rings. The first-order valence-corrected chi connectivity index (χ1v) is 6.61. The predicted octanol–water partition coefficient (Wildman–Crippen LogP) is 2.90. The van der Waals surface area contributed by atoms with Crippen LogP contribution in [-0.2, 0) is 10.2 Å². The Hall–Kier alpha value is -1.39. The average Bonchev–Trinajstić information content (AvgIpc) is 2.78. The Morgan fingerprint density at radius 2 is 2.00 bits per heavy atom. The number of ether oxygens (including phenoxy) is 1. The van der Waals surface area contributed by atoms with Crippen molar-refractivity contribution < 1.29 is 4.74 Å². The minimum atomic E-state index is -0.240. The normalized spacial score (nSPS) is 15.7. The van der Waals surface area contributed by atoms with Crippen LogP contribution in [0.1, 0.15) is 45.1 Å². The van der Waals surface area contributed by atoms with Crippen LogP contribution in [0.4, 0.5) is 0 Å². The van der Waals surface area contributed by atoms with Crippen molar-refractivity contribution in [3.63, 3.8) is 0 Å². The lowest BCUT2D eigenvalue weighted by Crippen LogP contribution is -2.26. The van der Waals surface area contributed by atoms with Crippen LogP contribution in [0.5, 0.6) is 0 Å². The maximum Gasteiger partial charge on any atom is 0.126 e. The number of hydrogen-bond acceptors (Lipinski definition) is 3. The van der Waals surface area contributed by atoms with Crippen LogP contribution >= 0.6 is 0 Å². The fourth-order valence-electron chi connectivity index (χ4n) is 2.02. The molecular weight excluding hydrogens is 238 g/mol. The van der Waals surface area contributed by atoms with E-state index in [2.05, 4.69) is 48.9 Å². The van der Waals surface area contributed by atoms with Crippen molar-refractivity contribution >= 4 is 11.0 Å². The van der Waals surface area contributed by atoms with E-state index in [1.54, 1.807) is 7.11 Å². The number of benzene rings is 1. The van der Waals surface area contributed by atoms with Crippen molar-refractivity contribution in [3.05, 3.63) is 29.6 Å². The summed E-state index contributed by atoms with van der Waals surface area (Å²) in [5.74, 6) is 0.774. The number of hydrogen-bond donors (Lipinski definition) is 2. The molecule has 1 aromatic carbocycles. The van der Waals surface area contributed by atoms with Crippen molar-refractivity contribution in [2.45, 2.75) is 45.3 Å². The van der Waals surface area contributed by atoms with Crippen LogP contribution in [0.25, 0.3) is 11.0 Å². The third-order valence-electron chi connectivity index (χ3n) is 3.56. The minimum Gasteiger partial charge on any atom is -0.380 e. The number of nitrogens with two attached hydrogens (primary N) is 1. The van der Waals surface area contributed by atoms with Gasteiger partial charge >= 0.3 is 0 Å². The van der Waals surface area contributed by atoms with Crippen molar-refractivity contribution in [1.82, 2.24) is 9.97 Å². The molecule has 0 unspecified atom stereocenters. The lowest BCUT2D eigenvalue weighted by molar-refractivity contribution is 0.0935. The van der Waals surface area contributed by atoms with Crippen LogP contribution in [0.2, 0.25) is 0 Å². The molecule has 104 valence electrons. The van der Waals surface area contributed by atoms with Gasteiger partial charge in [0.25, 0.3) is 0 Å². The number of H-pyrrole nitrogens is 1. The standard InChI is InChI=1S/C15H23N3O/c1-9(19-5)13(16)14-17-11-7-6-10(15(2,3)4)8-12(11)18-14/h6-9,13H,16H2,1-5H3,(H,17,18)/t9-,13+/m0/s1. The van der Waals surface area contributed by atoms with E-state index in [-0.39, 0.29) is 17.6 Å². The number of nitrogens with zero attached hydrogens (tertiary/aromatic N) is 1. The highest BCUT2D eigenvalue weighted by Crippen LogP contribution is 2.26. The quantitative estimate of drug-likeness (QED) is 0.893. The lowest BCUT2D eigenvalue weighted by Gasteiger charge is -2.18. The first kappa shape index (κ1) is 14.0. The number of methoxy groups -OCH3 is 1. The summed E-state index contributed by atoms with van der Waals surface area (Å²) in [6.07, 6.45) is -0.0670. The second-order valence-corrected chi connectivity index (χ2v) is 6.07. The van der Waals surface area contributed by atoms with Gasteiger partial charge in [0.1, 0.15) is 5.82 Å². The molecule has 0 fully saturated rings. The molecule has 0 saturated heterocycles. The molecule has 0 saturated carbocycles. The van der Waals surface area contributed by atoms with Gasteiger partial charge in [0.2, 0.25) is 0 Å². The second kappa shape index (κ2) is 4.94. The molecule has 0 spiro atoms. The predicted molar refractivity (Wildman–Crippen MR) is 78.2 cm³/mol. The highest BCUT2D eigenvalue weighted by atomic mass is 16.5. The van der Waals surface area contributed by atoms with Gasteiger partial charge in [0, 0.05) is 7.11 Å². The Kier molecular flexibility index (Phi) is 3.65. The van der Waals surface area contributed by atoms with E-state index in [9.17, 15) is 0 Å². The zero-order valence-corrected chi connectivity index (χ0v) is 12.3. The zero-order chi connectivity index (χ0) is 14.2. The highest BCUT2D eigenvalue weighted by molar-refractivity contribution is 5.76. The van der Waals surface area contributed by atoms with Gasteiger partial charge in [-0.1, -0.05) is 26.8 Å². The van der Waals surface area contributed by atoms with Crippen molar-refractivity contribution in [2.24, 2.45) is 5.73 Å². The Morgan fingerprint density at radius 1 is 1.32 bits per heavy atom. The zero-order valence-electron chi connectivity index (χ0n) is 12.3. The third kappa shape index (κ3) is 2.80. The Bertz CT molecular complexity index is 568. The van der Waals surface area contributed by atoms with E-state index in [0.717, 1.165) is 16.9 Å². The molecule has 0 amide bonds. The molecule has 0 aliphatic heterocycles. The monoisotopic (exact) mass is 261 g/mol. The summed E-state index contributed by atoms with van der Waals surface area (Å²) in [4.78, 5) is 7.87. The van der Waals surface area contributed by atoms with Crippen LogP contribution < -0.4 is 5.73 Å². The van der Waals surface area contributed by atoms with E-state index in [0.29, 0.717) is 0 Å². The Balaban J connectivity index is 2.41. The Morgan fingerprint density at radius 3 is 2.58 bits per heavy atom. The molecule has 19 heavy (non-hydrogen) atoms. The van der Waals surface area contributed by atoms with Crippen LogP contribution in [0.3, 0.4) is 0 Å². The molecule has 1 aromatic heterocycles. The largest absolute Gasteiger partial charge is 0.380 e. The van der Waals surface area contributed by atoms with E-state index < -0.39 is 0 Å². The van der Waals surface area contributed by atoms with Gasteiger partial charge < -0.3 is 15.5 Å². The van der Waals surface area contributed by atoms with Crippen molar-refractivity contribution in [1.29, 1.82) is 0 Å². The van der Waals surface area contributed by atoms with E-state index in [1.165, 1.54) is 5.56 Å². The molecule has 1 heterocycles. The van der Waals surface area contributed by atoms with Gasteiger partial charge in [-0.05, 0) is 30.0 Å². The third-order valence-corrected chi connectivity index (χ3v) is 3.56.